The molecule has 3 aromatic rings. The SMILES string of the molecule is C[C@H]1C[C@H]1c1ccc(CN(C)C(=O)c2cc(=O)[nH]c3ccc(S(=O)(=O)N4CCOCC4)cc23)o1. The highest BCUT2D eigenvalue weighted by molar-refractivity contribution is 7.89. The Balaban J connectivity index is 1.45. The molecule has 1 N–H and O–H groups in total. The summed E-state index contributed by atoms with van der Waals surface area (Å²) >= 11 is 0. The number of ether oxygens (including phenoxy) is 1. The summed E-state index contributed by atoms with van der Waals surface area (Å²) in [4.78, 5) is 29.8. The van der Waals surface area contributed by atoms with Gasteiger partial charge in [-0.05, 0) is 42.7 Å². The molecule has 10 heteroatoms. The molecule has 2 atom stereocenters. The molecule has 1 aliphatic heterocycles. The molecule has 180 valence electrons. The molecule has 1 saturated carbocycles. The Kier molecular flexibility index (Phi) is 5.83. The number of hydrogen-bond donors (Lipinski definition) is 1. The minimum Gasteiger partial charge on any atom is -0.464 e. The predicted molar refractivity (Wildman–Crippen MR) is 125 cm³/mol. The first-order valence-electron chi connectivity index (χ1n) is 11.3. The van der Waals surface area contributed by atoms with E-state index in [1.54, 1.807) is 7.05 Å². The number of aromatic nitrogens is 1. The Hall–Kier alpha value is -2.95. The largest absolute Gasteiger partial charge is 0.464 e. The van der Waals surface area contributed by atoms with Crippen molar-refractivity contribution in [3.05, 3.63) is 63.8 Å². The Morgan fingerprint density at radius 1 is 1.18 bits per heavy atom. The smallest absolute Gasteiger partial charge is 0.254 e. The minimum absolute atomic E-state index is 0.0693. The number of sulfonamides is 1. The van der Waals surface area contributed by atoms with E-state index in [-0.39, 0.29) is 30.1 Å². The zero-order valence-corrected chi connectivity index (χ0v) is 19.9. The molecule has 34 heavy (non-hydrogen) atoms. The molecular weight excluding hydrogens is 458 g/mol. The highest BCUT2D eigenvalue weighted by Gasteiger charge is 2.36. The van der Waals surface area contributed by atoms with E-state index in [4.69, 9.17) is 9.15 Å². The zero-order valence-electron chi connectivity index (χ0n) is 19.1. The molecule has 1 saturated heterocycles. The molecule has 0 radical (unpaired) electrons. The van der Waals surface area contributed by atoms with Crippen molar-refractivity contribution in [3.8, 4) is 0 Å². The molecule has 1 aliphatic carbocycles. The topological polar surface area (TPSA) is 113 Å². The molecule has 3 heterocycles. The molecule has 2 fully saturated rings. The van der Waals surface area contributed by atoms with Gasteiger partial charge in [0.05, 0.1) is 30.2 Å². The molecule has 1 amide bonds. The average Bonchev–Trinajstić information content (AvgIpc) is 3.38. The number of benzene rings is 1. The number of amides is 1. The van der Waals surface area contributed by atoms with E-state index in [1.807, 2.05) is 12.1 Å². The molecule has 2 aromatic heterocycles. The quantitative estimate of drug-likeness (QED) is 0.574. The van der Waals surface area contributed by atoms with Crippen molar-refractivity contribution in [1.82, 2.24) is 14.2 Å². The van der Waals surface area contributed by atoms with Crippen molar-refractivity contribution in [2.45, 2.75) is 30.7 Å². The number of nitrogens with zero attached hydrogens (tertiary/aromatic N) is 2. The van der Waals surface area contributed by atoms with Gasteiger partial charge in [0.25, 0.3) is 5.91 Å². The van der Waals surface area contributed by atoms with E-state index in [2.05, 4.69) is 11.9 Å². The number of fused-ring (bicyclic) bond motifs is 1. The third-order valence-electron chi connectivity index (χ3n) is 6.55. The van der Waals surface area contributed by atoms with Crippen LogP contribution in [0, 0.1) is 5.92 Å². The van der Waals surface area contributed by atoms with Crippen molar-refractivity contribution in [2.24, 2.45) is 5.92 Å². The third kappa shape index (κ3) is 4.28. The van der Waals surface area contributed by atoms with Crippen LogP contribution >= 0.6 is 0 Å². The summed E-state index contributed by atoms with van der Waals surface area (Å²) < 4.78 is 38.8. The van der Waals surface area contributed by atoms with Gasteiger partial charge in [0.15, 0.2) is 0 Å². The third-order valence-corrected chi connectivity index (χ3v) is 8.44. The van der Waals surface area contributed by atoms with Crippen molar-refractivity contribution in [1.29, 1.82) is 0 Å². The molecule has 2 aliphatic rings. The fourth-order valence-electron chi connectivity index (χ4n) is 4.41. The first kappa shape index (κ1) is 22.8. The van der Waals surface area contributed by atoms with Gasteiger partial charge in [-0.3, -0.25) is 9.59 Å². The Bertz CT molecular complexity index is 1400. The monoisotopic (exact) mass is 485 g/mol. The summed E-state index contributed by atoms with van der Waals surface area (Å²) in [5, 5.41) is 0.373. The van der Waals surface area contributed by atoms with Gasteiger partial charge in [0, 0.05) is 43.0 Å². The number of morpholine rings is 1. The second kappa shape index (κ2) is 8.68. The second-order valence-electron chi connectivity index (χ2n) is 9.06. The van der Waals surface area contributed by atoms with Gasteiger partial charge >= 0.3 is 0 Å². The second-order valence-corrected chi connectivity index (χ2v) is 11.0. The van der Waals surface area contributed by atoms with Gasteiger partial charge in [-0.15, -0.1) is 0 Å². The standard InChI is InChI=1S/C24H27N3O6S/c1-15-11-18(15)22-6-3-16(33-22)14-26(2)24(29)20-13-23(28)25-21-5-4-17(12-19(20)21)34(30,31)27-7-9-32-10-8-27/h3-6,12-13,15,18H,7-11,14H2,1-2H3,(H,25,28)/t15-,18+/m0/s1. The van der Waals surface area contributed by atoms with Gasteiger partial charge in [-0.2, -0.15) is 4.31 Å². The van der Waals surface area contributed by atoms with Crippen molar-refractivity contribution in [2.75, 3.05) is 33.4 Å². The van der Waals surface area contributed by atoms with Gasteiger partial charge < -0.3 is 19.0 Å². The van der Waals surface area contributed by atoms with Crippen LogP contribution in [0.15, 0.2) is 50.5 Å². The number of pyridine rings is 1. The van der Waals surface area contributed by atoms with Crippen molar-refractivity contribution < 1.29 is 22.4 Å². The lowest BCUT2D eigenvalue weighted by atomic mass is 10.1. The van der Waals surface area contributed by atoms with Crippen LogP contribution in [-0.4, -0.2) is 61.9 Å². The van der Waals surface area contributed by atoms with Crippen molar-refractivity contribution in [3.63, 3.8) is 0 Å². The Morgan fingerprint density at radius 2 is 1.91 bits per heavy atom. The molecule has 0 bridgehead atoms. The summed E-state index contributed by atoms with van der Waals surface area (Å²) in [5.74, 6) is 2.26. The van der Waals surface area contributed by atoms with Crippen LogP contribution in [0.1, 0.15) is 41.1 Å². The Morgan fingerprint density at radius 3 is 2.62 bits per heavy atom. The summed E-state index contributed by atoms with van der Waals surface area (Å²) in [6.07, 6.45) is 1.11. The number of H-pyrrole nitrogens is 1. The maximum absolute atomic E-state index is 13.3. The highest BCUT2D eigenvalue weighted by atomic mass is 32.2. The first-order valence-corrected chi connectivity index (χ1v) is 12.8. The van der Waals surface area contributed by atoms with Crippen LogP contribution in [0.3, 0.4) is 0 Å². The van der Waals surface area contributed by atoms with E-state index in [1.165, 1.54) is 33.5 Å². The van der Waals surface area contributed by atoms with Gasteiger partial charge in [-0.1, -0.05) is 6.92 Å². The summed E-state index contributed by atoms with van der Waals surface area (Å²) in [6, 6.07) is 9.46. The lowest BCUT2D eigenvalue weighted by Gasteiger charge is -2.26. The molecule has 0 unspecified atom stereocenters. The van der Waals surface area contributed by atoms with Crippen LogP contribution < -0.4 is 5.56 Å². The number of nitrogens with one attached hydrogen (secondary N) is 1. The van der Waals surface area contributed by atoms with E-state index in [0.717, 1.165) is 12.2 Å². The number of rotatable bonds is 6. The van der Waals surface area contributed by atoms with Gasteiger partial charge in [-0.25, -0.2) is 8.42 Å². The number of aromatic amines is 1. The van der Waals surface area contributed by atoms with Crippen LogP contribution in [-0.2, 0) is 21.3 Å². The highest BCUT2D eigenvalue weighted by Crippen LogP contribution is 2.47. The minimum atomic E-state index is -3.76. The van der Waals surface area contributed by atoms with Crippen LogP contribution in [0.4, 0.5) is 0 Å². The molecular formula is C24H27N3O6S. The van der Waals surface area contributed by atoms with Crippen LogP contribution in [0.25, 0.3) is 10.9 Å². The van der Waals surface area contributed by atoms with Crippen LogP contribution in [0.5, 0.6) is 0 Å². The maximum atomic E-state index is 13.3. The normalized spacial score (nSPS) is 21.0. The Labute approximate surface area is 197 Å². The molecule has 1 aromatic carbocycles. The predicted octanol–water partition coefficient (Wildman–Crippen LogP) is 2.54. The average molecular weight is 486 g/mol. The van der Waals surface area contributed by atoms with Gasteiger partial charge in [0.2, 0.25) is 15.6 Å². The van der Waals surface area contributed by atoms with E-state index >= 15 is 0 Å². The number of carbonyl (C=O) groups excluding carboxylic acids is 1. The van der Waals surface area contributed by atoms with E-state index < -0.39 is 21.5 Å². The fourth-order valence-corrected chi connectivity index (χ4v) is 5.85. The zero-order chi connectivity index (χ0) is 24.0. The maximum Gasteiger partial charge on any atom is 0.254 e. The van der Waals surface area contributed by atoms with E-state index in [9.17, 15) is 18.0 Å². The molecule has 5 rings (SSSR count). The number of carbonyl (C=O) groups is 1. The molecule has 0 spiro atoms. The summed E-state index contributed by atoms with van der Waals surface area (Å²) in [5.41, 5.74) is 0.104. The molecule has 9 nitrogen and oxygen atoms in total. The fraction of sp³-hybridized carbons (Fsp3) is 0.417. The first-order chi connectivity index (χ1) is 16.2. The summed E-state index contributed by atoms with van der Waals surface area (Å²) in [6.45, 7) is 3.62. The number of furan rings is 1. The van der Waals surface area contributed by atoms with E-state index in [0.29, 0.717) is 41.7 Å². The lowest BCUT2D eigenvalue weighted by molar-refractivity contribution is 0.0730. The van der Waals surface area contributed by atoms with Gasteiger partial charge in [0.1, 0.15) is 11.5 Å². The number of hydrogen-bond acceptors (Lipinski definition) is 6. The van der Waals surface area contributed by atoms with Crippen LogP contribution in [0.2, 0.25) is 0 Å². The lowest BCUT2D eigenvalue weighted by Crippen LogP contribution is -2.40. The van der Waals surface area contributed by atoms with Crippen molar-refractivity contribution >= 4 is 26.8 Å². The summed E-state index contributed by atoms with van der Waals surface area (Å²) in [7, 11) is -2.13.